The summed E-state index contributed by atoms with van der Waals surface area (Å²) in [6.45, 7) is 1.75. The standard InChI is InChI=1S/C23H20FN5O5S2/c1-13-9-16(20-18(24)5-4-6-19(20)33-2)17(11-25-13)21(30)27-22-28-29-23(35-22)34-12-14-7-8-15(10-26-14)36(3,31)32/h4-11H,12H2,1-3H3,(H,27,28,30). The third kappa shape index (κ3) is 5.63. The molecule has 0 bridgehead atoms. The van der Waals surface area contributed by atoms with Crippen molar-refractivity contribution in [1.29, 1.82) is 0 Å². The van der Waals surface area contributed by atoms with E-state index in [1.54, 1.807) is 19.1 Å². The molecule has 0 unspecified atom stereocenters. The Morgan fingerprint density at radius 1 is 1.14 bits per heavy atom. The lowest BCUT2D eigenvalue weighted by molar-refractivity contribution is 0.102. The van der Waals surface area contributed by atoms with E-state index >= 15 is 0 Å². The Morgan fingerprint density at radius 2 is 1.94 bits per heavy atom. The first-order valence-electron chi connectivity index (χ1n) is 10.4. The van der Waals surface area contributed by atoms with E-state index < -0.39 is 21.6 Å². The summed E-state index contributed by atoms with van der Waals surface area (Å²) in [5.74, 6) is -0.832. The second-order valence-corrected chi connectivity index (χ2v) is 10.5. The van der Waals surface area contributed by atoms with E-state index in [4.69, 9.17) is 9.47 Å². The van der Waals surface area contributed by atoms with Crippen LogP contribution in [0.3, 0.4) is 0 Å². The predicted molar refractivity (Wildman–Crippen MR) is 130 cm³/mol. The van der Waals surface area contributed by atoms with Crippen molar-refractivity contribution in [3.05, 3.63) is 71.6 Å². The highest BCUT2D eigenvalue weighted by Crippen LogP contribution is 2.35. The monoisotopic (exact) mass is 529 g/mol. The smallest absolute Gasteiger partial charge is 0.296 e. The molecule has 0 fully saturated rings. The fraction of sp³-hybridized carbons (Fsp3) is 0.174. The Bertz CT molecular complexity index is 1520. The lowest BCUT2D eigenvalue weighted by Gasteiger charge is -2.14. The van der Waals surface area contributed by atoms with Gasteiger partial charge in [0.2, 0.25) is 5.13 Å². The molecule has 0 aliphatic heterocycles. The van der Waals surface area contributed by atoms with Gasteiger partial charge in [-0.2, -0.15) is 0 Å². The van der Waals surface area contributed by atoms with Crippen LogP contribution in [0.15, 0.2) is 53.7 Å². The maximum absolute atomic E-state index is 14.7. The van der Waals surface area contributed by atoms with Crippen LogP contribution in [0, 0.1) is 12.7 Å². The molecule has 10 nitrogen and oxygen atoms in total. The van der Waals surface area contributed by atoms with Gasteiger partial charge >= 0.3 is 0 Å². The number of aromatic nitrogens is 4. The van der Waals surface area contributed by atoms with Gasteiger partial charge < -0.3 is 9.47 Å². The second kappa shape index (κ2) is 10.3. The molecule has 3 aromatic heterocycles. The van der Waals surface area contributed by atoms with Crippen LogP contribution in [0.1, 0.15) is 21.7 Å². The number of aryl methyl sites for hydroxylation is 1. The zero-order valence-electron chi connectivity index (χ0n) is 19.4. The van der Waals surface area contributed by atoms with Crippen LogP contribution in [0.25, 0.3) is 11.1 Å². The van der Waals surface area contributed by atoms with E-state index in [0.29, 0.717) is 17.0 Å². The van der Waals surface area contributed by atoms with Crippen molar-refractivity contribution in [3.63, 3.8) is 0 Å². The molecular formula is C23H20FN5O5S2. The molecule has 0 aliphatic rings. The van der Waals surface area contributed by atoms with Gasteiger partial charge in [0.1, 0.15) is 18.2 Å². The Hall–Kier alpha value is -3.97. The molecule has 0 aliphatic carbocycles. The maximum atomic E-state index is 14.7. The summed E-state index contributed by atoms with van der Waals surface area (Å²) in [6, 6.07) is 8.98. The summed E-state index contributed by atoms with van der Waals surface area (Å²) in [5.41, 5.74) is 1.66. The highest BCUT2D eigenvalue weighted by Gasteiger charge is 2.21. The van der Waals surface area contributed by atoms with Crippen molar-refractivity contribution >= 4 is 32.2 Å². The van der Waals surface area contributed by atoms with Gasteiger partial charge in [-0.3, -0.25) is 20.1 Å². The van der Waals surface area contributed by atoms with Crippen molar-refractivity contribution in [2.45, 2.75) is 18.4 Å². The molecule has 4 aromatic rings. The van der Waals surface area contributed by atoms with Crippen LogP contribution < -0.4 is 14.8 Å². The van der Waals surface area contributed by atoms with Gasteiger partial charge in [-0.05, 0) is 48.6 Å². The molecule has 1 amide bonds. The van der Waals surface area contributed by atoms with Crippen molar-refractivity contribution in [2.24, 2.45) is 0 Å². The fourth-order valence-corrected chi connectivity index (χ4v) is 4.37. The Kier molecular flexibility index (Phi) is 7.22. The number of hydrogen-bond donors (Lipinski definition) is 1. The summed E-state index contributed by atoms with van der Waals surface area (Å²) in [4.78, 5) is 21.4. The molecule has 13 heteroatoms. The van der Waals surface area contributed by atoms with Gasteiger partial charge in [-0.1, -0.05) is 11.2 Å². The van der Waals surface area contributed by atoms with Gasteiger partial charge in [-0.15, -0.1) is 5.10 Å². The number of methoxy groups -OCH3 is 1. The summed E-state index contributed by atoms with van der Waals surface area (Å²) >= 11 is 0.979. The topological polar surface area (TPSA) is 133 Å². The molecule has 186 valence electrons. The van der Waals surface area contributed by atoms with E-state index in [1.807, 2.05) is 0 Å². The number of hydrogen-bond acceptors (Lipinski definition) is 10. The normalized spacial score (nSPS) is 11.2. The SMILES string of the molecule is COc1cccc(F)c1-c1cc(C)ncc1C(=O)Nc1nnc(OCc2ccc(S(C)(=O)=O)cn2)s1. The van der Waals surface area contributed by atoms with Crippen molar-refractivity contribution in [1.82, 2.24) is 20.2 Å². The van der Waals surface area contributed by atoms with E-state index in [2.05, 4.69) is 25.5 Å². The van der Waals surface area contributed by atoms with Crippen molar-refractivity contribution in [2.75, 3.05) is 18.7 Å². The first-order chi connectivity index (χ1) is 17.2. The molecule has 4 rings (SSSR count). The number of ether oxygens (including phenoxy) is 2. The minimum atomic E-state index is -3.34. The minimum absolute atomic E-state index is 0.0196. The van der Waals surface area contributed by atoms with Crippen LogP contribution in [0.5, 0.6) is 10.9 Å². The zero-order chi connectivity index (χ0) is 25.9. The molecule has 0 saturated carbocycles. The average Bonchev–Trinajstić information content (AvgIpc) is 3.29. The van der Waals surface area contributed by atoms with E-state index in [9.17, 15) is 17.6 Å². The molecule has 0 atom stereocenters. The van der Waals surface area contributed by atoms with Crippen LogP contribution in [0.4, 0.5) is 9.52 Å². The number of carbonyl (C=O) groups excluding carboxylic acids is 1. The second-order valence-electron chi connectivity index (χ2n) is 7.56. The van der Waals surface area contributed by atoms with E-state index in [-0.39, 0.29) is 38.7 Å². The summed E-state index contributed by atoms with van der Waals surface area (Å²) in [7, 11) is -1.92. The van der Waals surface area contributed by atoms with Gasteiger partial charge in [0.25, 0.3) is 11.1 Å². The highest BCUT2D eigenvalue weighted by atomic mass is 32.2. The number of carbonyl (C=O) groups is 1. The number of nitrogens with one attached hydrogen (secondary N) is 1. The molecule has 36 heavy (non-hydrogen) atoms. The number of rotatable bonds is 8. The number of anilines is 1. The summed E-state index contributed by atoms with van der Waals surface area (Å²) in [5, 5.41) is 10.7. The van der Waals surface area contributed by atoms with Gasteiger partial charge in [0, 0.05) is 29.9 Å². The fourth-order valence-electron chi connectivity index (χ4n) is 3.22. The highest BCUT2D eigenvalue weighted by molar-refractivity contribution is 7.90. The van der Waals surface area contributed by atoms with Crippen LogP contribution >= 0.6 is 11.3 Å². The third-order valence-corrected chi connectivity index (χ3v) is 6.80. The number of sulfone groups is 1. The number of benzene rings is 1. The summed E-state index contributed by atoms with van der Waals surface area (Å²) < 4.78 is 48.6. The molecule has 3 heterocycles. The van der Waals surface area contributed by atoms with Gasteiger partial charge in [0.05, 0.1) is 28.8 Å². The molecule has 0 saturated heterocycles. The number of nitrogens with zero attached hydrogens (tertiary/aromatic N) is 4. The number of amides is 1. The van der Waals surface area contributed by atoms with Crippen LogP contribution in [0.2, 0.25) is 0 Å². The summed E-state index contributed by atoms with van der Waals surface area (Å²) in [6.07, 6.45) is 3.70. The molecular weight excluding hydrogens is 509 g/mol. The van der Waals surface area contributed by atoms with Gasteiger partial charge in [0.15, 0.2) is 9.84 Å². The van der Waals surface area contributed by atoms with Gasteiger partial charge in [-0.25, -0.2) is 12.8 Å². The predicted octanol–water partition coefficient (Wildman–Crippen LogP) is 3.69. The molecule has 1 N–H and O–H groups in total. The quantitative estimate of drug-likeness (QED) is 0.363. The average molecular weight is 530 g/mol. The van der Waals surface area contributed by atoms with Crippen LogP contribution in [-0.4, -0.2) is 47.9 Å². The molecule has 0 radical (unpaired) electrons. The first-order valence-corrected chi connectivity index (χ1v) is 13.1. The number of halogens is 1. The van der Waals surface area contributed by atoms with Crippen molar-refractivity contribution < 1.29 is 27.1 Å². The van der Waals surface area contributed by atoms with E-state index in [0.717, 1.165) is 17.6 Å². The zero-order valence-corrected chi connectivity index (χ0v) is 21.0. The largest absolute Gasteiger partial charge is 0.496 e. The van der Waals surface area contributed by atoms with E-state index in [1.165, 1.54) is 43.8 Å². The Morgan fingerprint density at radius 3 is 2.64 bits per heavy atom. The molecule has 1 aromatic carbocycles. The number of pyridine rings is 2. The lowest BCUT2D eigenvalue weighted by atomic mass is 9.98. The molecule has 0 spiro atoms. The maximum Gasteiger partial charge on any atom is 0.296 e. The Balaban J connectivity index is 1.50. The van der Waals surface area contributed by atoms with Crippen molar-refractivity contribution in [3.8, 4) is 22.1 Å². The minimum Gasteiger partial charge on any atom is -0.496 e. The first kappa shape index (κ1) is 25.1. The lowest BCUT2D eigenvalue weighted by Crippen LogP contribution is -2.14. The Labute approximate surface area is 210 Å². The van der Waals surface area contributed by atoms with Crippen LogP contribution in [-0.2, 0) is 16.4 Å². The third-order valence-electron chi connectivity index (χ3n) is 4.95.